The normalized spacial score (nSPS) is 9.86. The molecule has 0 aromatic carbocycles. The van der Waals surface area contributed by atoms with E-state index in [1.165, 1.54) is 0 Å². The second-order valence-electron chi connectivity index (χ2n) is 1.08. The van der Waals surface area contributed by atoms with Crippen molar-refractivity contribution in [2.45, 2.75) is 13.3 Å². The maximum absolute atomic E-state index is 3.54. The van der Waals surface area contributed by atoms with E-state index in [1.54, 1.807) is 11.8 Å². The number of hydrogen-bond donors (Lipinski definition) is 0. The second kappa shape index (κ2) is 5.83. The Morgan fingerprint density at radius 3 is 2.86 bits per heavy atom. The van der Waals surface area contributed by atoms with Gasteiger partial charge < -0.3 is 0 Å². The predicted octanol–water partition coefficient (Wildman–Crippen LogP) is 2.79. The summed E-state index contributed by atoms with van der Waals surface area (Å²) in [6, 6.07) is 0. The van der Waals surface area contributed by atoms with Crippen LogP contribution in [0.25, 0.3) is 0 Å². The second-order valence-corrected chi connectivity index (χ2v) is 1.96. The minimum absolute atomic E-state index is 1.11. The van der Waals surface area contributed by atoms with Crippen molar-refractivity contribution in [1.82, 2.24) is 0 Å². The summed E-state index contributed by atoms with van der Waals surface area (Å²) in [5.41, 5.74) is 0. The van der Waals surface area contributed by atoms with Crippen LogP contribution in [0.3, 0.4) is 0 Å². The van der Waals surface area contributed by atoms with Gasteiger partial charge in [-0.1, -0.05) is 19.6 Å². The molecule has 0 aliphatic carbocycles. The molecular formula is C6H10S. The third-order valence-corrected chi connectivity index (χ3v) is 1.05. The highest BCUT2D eigenvalue weighted by atomic mass is 32.2. The van der Waals surface area contributed by atoms with Crippen molar-refractivity contribution in [1.29, 1.82) is 0 Å². The Morgan fingerprint density at radius 2 is 2.43 bits per heavy atom. The molecule has 1 heteroatoms. The predicted molar refractivity (Wildman–Crippen MR) is 37.2 cm³/mol. The third kappa shape index (κ3) is 5.83. The molecule has 0 bridgehead atoms. The van der Waals surface area contributed by atoms with Gasteiger partial charge in [0.1, 0.15) is 0 Å². The Balaban J connectivity index is 2.92. The first-order valence-electron chi connectivity index (χ1n) is 2.33. The first-order valence-corrected chi connectivity index (χ1v) is 3.27. The summed E-state index contributed by atoms with van der Waals surface area (Å²) in [6.45, 7) is 5.66. The van der Waals surface area contributed by atoms with E-state index in [-0.39, 0.29) is 0 Å². The molecular weight excluding hydrogens is 104 g/mol. The third-order valence-electron chi connectivity index (χ3n) is 0.507. The maximum Gasteiger partial charge on any atom is -0.0288 e. The number of rotatable bonds is 3. The van der Waals surface area contributed by atoms with Gasteiger partial charge in [0.25, 0.3) is 0 Å². The van der Waals surface area contributed by atoms with Crippen molar-refractivity contribution < 1.29 is 0 Å². The molecule has 7 heavy (non-hydrogen) atoms. The molecule has 0 aromatic heterocycles. The summed E-state index contributed by atoms with van der Waals surface area (Å²) in [5, 5.41) is 3.85. The van der Waals surface area contributed by atoms with E-state index < -0.39 is 0 Å². The van der Waals surface area contributed by atoms with Crippen LogP contribution in [0.5, 0.6) is 0 Å². The van der Waals surface area contributed by atoms with Crippen molar-refractivity contribution >= 4 is 11.8 Å². The standard InChI is InChI=1S/C6H10S/c1-3-5-6-7-4-2/h4-6H,2-3H2,1H3/b6-5-. The number of thioether (sulfide) groups is 1. The molecule has 0 fully saturated rings. The van der Waals surface area contributed by atoms with E-state index in [0.717, 1.165) is 6.42 Å². The summed E-state index contributed by atoms with van der Waals surface area (Å²) in [5.74, 6) is 0. The lowest BCUT2D eigenvalue weighted by Gasteiger charge is -1.75. The quantitative estimate of drug-likeness (QED) is 0.543. The lowest BCUT2D eigenvalue weighted by molar-refractivity contribution is 1.23. The molecule has 0 aliphatic rings. The molecule has 40 valence electrons. The van der Waals surface area contributed by atoms with Crippen LogP contribution in [0.4, 0.5) is 0 Å². The molecule has 0 heterocycles. The van der Waals surface area contributed by atoms with Crippen LogP contribution in [0.1, 0.15) is 13.3 Å². The van der Waals surface area contributed by atoms with Gasteiger partial charge in [0.05, 0.1) is 0 Å². The van der Waals surface area contributed by atoms with Crippen molar-refractivity contribution in [2.24, 2.45) is 0 Å². The molecule has 0 amide bonds. The Kier molecular flexibility index (Phi) is 5.69. The first kappa shape index (κ1) is 6.83. The zero-order chi connectivity index (χ0) is 5.54. The minimum atomic E-state index is 1.11. The summed E-state index contributed by atoms with van der Waals surface area (Å²) in [4.78, 5) is 0. The molecule has 0 atom stereocenters. The minimum Gasteiger partial charge on any atom is -0.107 e. The Morgan fingerprint density at radius 1 is 1.71 bits per heavy atom. The molecule has 0 N–H and O–H groups in total. The lowest BCUT2D eigenvalue weighted by Crippen LogP contribution is -1.45. The van der Waals surface area contributed by atoms with E-state index in [4.69, 9.17) is 0 Å². The van der Waals surface area contributed by atoms with Crippen LogP contribution in [0.15, 0.2) is 23.5 Å². The van der Waals surface area contributed by atoms with Crippen LogP contribution in [0, 0.1) is 0 Å². The monoisotopic (exact) mass is 114 g/mol. The Bertz CT molecular complexity index is 64.6. The van der Waals surface area contributed by atoms with Gasteiger partial charge in [-0.3, -0.25) is 0 Å². The molecule has 0 nitrogen and oxygen atoms in total. The Hall–Kier alpha value is -0.170. The van der Waals surface area contributed by atoms with Gasteiger partial charge in [0, 0.05) is 0 Å². The lowest BCUT2D eigenvalue weighted by atomic mass is 10.5. The van der Waals surface area contributed by atoms with Crippen LogP contribution in [-0.2, 0) is 0 Å². The molecule has 0 saturated carbocycles. The highest BCUT2D eigenvalue weighted by Crippen LogP contribution is 2.01. The largest absolute Gasteiger partial charge is 0.107 e. The molecule has 0 unspecified atom stereocenters. The van der Waals surface area contributed by atoms with E-state index in [1.807, 2.05) is 10.8 Å². The van der Waals surface area contributed by atoms with Gasteiger partial charge in [-0.15, -0.1) is 11.8 Å². The molecule has 0 radical (unpaired) electrons. The van der Waals surface area contributed by atoms with Gasteiger partial charge in [-0.05, 0) is 17.2 Å². The smallest absolute Gasteiger partial charge is 0.0288 e. The van der Waals surface area contributed by atoms with Crippen LogP contribution in [-0.4, -0.2) is 0 Å². The summed E-state index contributed by atoms with van der Waals surface area (Å²) in [7, 11) is 0. The van der Waals surface area contributed by atoms with Crippen LogP contribution in [0.2, 0.25) is 0 Å². The first-order chi connectivity index (χ1) is 3.41. The van der Waals surface area contributed by atoms with E-state index in [2.05, 4.69) is 19.6 Å². The fraction of sp³-hybridized carbons (Fsp3) is 0.333. The van der Waals surface area contributed by atoms with Gasteiger partial charge in [-0.2, -0.15) is 0 Å². The SMILES string of the molecule is C=CS/C=C\CC. The molecule has 0 aliphatic heterocycles. The average Bonchev–Trinajstić information content (AvgIpc) is 1.69. The molecule has 0 saturated heterocycles. The van der Waals surface area contributed by atoms with Gasteiger partial charge >= 0.3 is 0 Å². The number of allylic oxidation sites excluding steroid dienone is 1. The molecule has 0 rings (SSSR count). The van der Waals surface area contributed by atoms with Gasteiger partial charge in [0.15, 0.2) is 0 Å². The van der Waals surface area contributed by atoms with E-state index in [0.29, 0.717) is 0 Å². The highest BCUT2D eigenvalue weighted by molar-refractivity contribution is 8.04. The Labute approximate surface area is 49.3 Å². The fourth-order valence-corrected chi connectivity index (χ4v) is 0.622. The fourth-order valence-electron chi connectivity index (χ4n) is 0.207. The highest BCUT2D eigenvalue weighted by Gasteiger charge is 1.63. The van der Waals surface area contributed by atoms with Gasteiger partial charge in [-0.25, -0.2) is 0 Å². The topological polar surface area (TPSA) is 0 Å². The molecule has 0 spiro atoms. The molecule has 0 aromatic rings. The van der Waals surface area contributed by atoms with Crippen LogP contribution < -0.4 is 0 Å². The van der Waals surface area contributed by atoms with Crippen molar-refractivity contribution in [3.8, 4) is 0 Å². The van der Waals surface area contributed by atoms with E-state index in [9.17, 15) is 0 Å². The van der Waals surface area contributed by atoms with Crippen molar-refractivity contribution in [3.63, 3.8) is 0 Å². The maximum atomic E-state index is 3.54. The summed E-state index contributed by atoms with van der Waals surface area (Å²) >= 11 is 1.62. The zero-order valence-electron chi connectivity index (χ0n) is 4.55. The average molecular weight is 114 g/mol. The van der Waals surface area contributed by atoms with Crippen molar-refractivity contribution in [2.75, 3.05) is 0 Å². The van der Waals surface area contributed by atoms with E-state index >= 15 is 0 Å². The summed E-state index contributed by atoms with van der Waals surface area (Å²) in [6.07, 6.45) is 3.22. The zero-order valence-corrected chi connectivity index (χ0v) is 5.37. The van der Waals surface area contributed by atoms with Gasteiger partial charge in [0.2, 0.25) is 0 Å². The van der Waals surface area contributed by atoms with Crippen LogP contribution >= 0.6 is 11.8 Å². The summed E-state index contributed by atoms with van der Waals surface area (Å²) < 4.78 is 0. The van der Waals surface area contributed by atoms with Crippen molar-refractivity contribution in [3.05, 3.63) is 23.5 Å². The number of hydrogen-bond acceptors (Lipinski definition) is 1.